The topological polar surface area (TPSA) is 23.5 Å². The Hall–Kier alpha value is -1.87. The summed E-state index contributed by atoms with van der Waals surface area (Å²) in [7, 11) is 0. The van der Waals surface area contributed by atoms with Gasteiger partial charge in [-0.05, 0) is 49.2 Å². The van der Waals surface area contributed by atoms with Gasteiger partial charge in [-0.1, -0.05) is 25.1 Å². The number of nitrogens with zero attached hydrogens (tertiary/aromatic N) is 1. The van der Waals surface area contributed by atoms with E-state index in [2.05, 4.69) is 0 Å². The molecule has 3 heteroatoms. The van der Waals surface area contributed by atoms with Gasteiger partial charge in [-0.15, -0.1) is 0 Å². The van der Waals surface area contributed by atoms with E-state index in [-0.39, 0.29) is 5.82 Å². The van der Waals surface area contributed by atoms with Crippen LogP contribution in [0.4, 0.5) is 15.8 Å². The molecule has 1 unspecified atom stereocenters. The first-order valence-electron chi connectivity index (χ1n) is 6.96. The SMILES string of the molecule is CCC(O)c1ccc(N(CC)c2cccc(F)c2)cc1. The first-order valence-corrected chi connectivity index (χ1v) is 6.96. The highest BCUT2D eigenvalue weighted by Gasteiger charge is 2.09. The van der Waals surface area contributed by atoms with Crippen LogP contribution in [0.1, 0.15) is 31.9 Å². The van der Waals surface area contributed by atoms with E-state index in [0.717, 1.165) is 23.5 Å². The van der Waals surface area contributed by atoms with Gasteiger partial charge in [-0.2, -0.15) is 0 Å². The van der Waals surface area contributed by atoms with E-state index in [1.807, 2.05) is 49.1 Å². The van der Waals surface area contributed by atoms with Crippen LogP contribution in [0.3, 0.4) is 0 Å². The third kappa shape index (κ3) is 3.17. The van der Waals surface area contributed by atoms with Gasteiger partial charge in [-0.3, -0.25) is 0 Å². The van der Waals surface area contributed by atoms with Gasteiger partial charge in [-0.25, -0.2) is 4.39 Å². The fourth-order valence-corrected chi connectivity index (χ4v) is 2.27. The minimum atomic E-state index is -0.423. The molecule has 2 aromatic carbocycles. The summed E-state index contributed by atoms with van der Waals surface area (Å²) in [4.78, 5) is 2.03. The monoisotopic (exact) mass is 273 g/mol. The van der Waals surface area contributed by atoms with Crippen molar-refractivity contribution in [2.45, 2.75) is 26.4 Å². The van der Waals surface area contributed by atoms with Crippen molar-refractivity contribution >= 4 is 11.4 Å². The van der Waals surface area contributed by atoms with Crippen LogP contribution in [0, 0.1) is 5.82 Å². The molecule has 1 N–H and O–H groups in total. The van der Waals surface area contributed by atoms with Crippen LogP contribution in [0.25, 0.3) is 0 Å². The average molecular weight is 273 g/mol. The molecule has 20 heavy (non-hydrogen) atoms. The molecule has 0 aliphatic heterocycles. The van der Waals surface area contributed by atoms with Crippen LogP contribution in [0.2, 0.25) is 0 Å². The molecule has 0 aliphatic carbocycles. The summed E-state index contributed by atoms with van der Waals surface area (Å²) in [6.07, 6.45) is 0.272. The number of rotatable bonds is 5. The Morgan fingerprint density at radius 1 is 1.05 bits per heavy atom. The standard InChI is InChI=1S/C17H20FNO/c1-3-17(20)13-8-10-15(11-9-13)19(4-2)16-7-5-6-14(18)12-16/h5-12,17,20H,3-4H2,1-2H3. The van der Waals surface area contributed by atoms with Gasteiger partial charge in [0.05, 0.1) is 6.10 Å². The largest absolute Gasteiger partial charge is 0.388 e. The Balaban J connectivity index is 2.28. The lowest BCUT2D eigenvalue weighted by molar-refractivity contribution is 0.173. The number of aliphatic hydroxyl groups excluding tert-OH is 1. The zero-order valence-electron chi connectivity index (χ0n) is 11.9. The smallest absolute Gasteiger partial charge is 0.125 e. The third-order valence-corrected chi connectivity index (χ3v) is 3.41. The van der Waals surface area contributed by atoms with Gasteiger partial charge in [0.1, 0.15) is 5.82 Å². The molecule has 0 aromatic heterocycles. The lowest BCUT2D eigenvalue weighted by Crippen LogP contribution is -2.16. The first-order chi connectivity index (χ1) is 9.65. The van der Waals surface area contributed by atoms with E-state index in [9.17, 15) is 9.50 Å². The number of hydrogen-bond acceptors (Lipinski definition) is 2. The summed E-state index contributed by atoms with van der Waals surface area (Å²) < 4.78 is 13.3. The van der Waals surface area contributed by atoms with Crippen molar-refractivity contribution in [3.63, 3.8) is 0 Å². The van der Waals surface area contributed by atoms with Crippen LogP contribution in [0.5, 0.6) is 0 Å². The number of halogens is 1. The molecule has 106 valence electrons. The van der Waals surface area contributed by atoms with Gasteiger partial charge in [0.25, 0.3) is 0 Å². The predicted molar refractivity (Wildman–Crippen MR) is 80.8 cm³/mol. The third-order valence-electron chi connectivity index (χ3n) is 3.41. The van der Waals surface area contributed by atoms with E-state index in [1.165, 1.54) is 12.1 Å². The Morgan fingerprint density at radius 3 is 2.30 bits per heavy atom. The highest BCUT2D eigenvalue weighted by Crippen LogP contribution is 2.27. The van der Waals surface area contributed by atoms with E-state index < -0.39 is 6.10 Å². The number of hydrogen-bond donors (Lipinski definition) is 1. The molecule has 1 atom stereocenters. The second kappa shape index (κ2) is 6.53. The second-order valence-electron chi connectivity index (χ2n) is 4.74. The molecule has 2 aromatic rings. The van der Waals surface area contributed by atoms with Crippen LogP contribution >= 0.6 is 0 Å². The summed E-state index contributed by atoms with van der Waals surface area (Å²) in [5.74, 6) is -0.237. The number of benzene rings is 2. The molecular formula is C17H20FNO. The molecule has 0 heterocycles. The minimum absolute atomic E-state index is 0.237. The minimum Gasteiger partial charge on any atom is -0.388 e. The van der Waals surface area contributed by atoms with Gasteiger partial charge in [0, 0.05) is 17.9 Å². The predicted octanol–water partition coefficient (Wildman–Crippen LogP) is 4.43. The maximum absolute atomic E-state index is 13.3. The lowest BCUT2D eigenvalue weighted by atomic mass is 10.1. The molecule has 0 saturated carbocycles. The summed E-state index contributed by atoms with van der Waals surface area (Å²) in [6, 6.07) is 14.3. The maximum Gasteiger partial charge on any atom is 0.125 e. The van der Waals surface area contributed by atoms with E-state index in [0.29, 0.717) is 6.42 Å². The van der Waals surface area contributed by atoms with Crippen LogP contribution in [0.15, 0.2) is 48.5 Å². The van der Waals surface area contributed by atoms with Crippen LogP contribution in [-0.2, 0) is 0 Å². The van der Waals surface area contributed by atoms with Crippen molar-refractivity contribution in [2.75, 3.05) is 11.4 Å². The number of aliphatic hydroxyl groups is 1. The quantitative estimate of drug-likeness (QED) is 0.871. The fourth-order valence-electron chi connectivity index (χ4n) is 2.27. The van der Waals surface area contributed by atoms with Gasteiger partial charge < -0.3 is 10.0 Å². The van der Waals surface area contributed by atoms with Gasteiger partial charge in [0.2, 0.25) is 0 Å². The Labute approximate surface area is 119 Å². The number of anilines is 2. The van der Waals surface area contributed by atoms with Crippen LogP contribution < -0.4 is 4.90 Å². The molecule has 0 saturated heterocycles. The Bertz CT molecular complexity index is 553. The lowest BCUT2D eigenvalue weighted by Gasteiger charge is -2.24. The maximum atomic E-state index is 13.3. The summed E-state index contributed by atoms with van der Waals surface area (Å²) in [5.41, 5.74) is 2.73. The molecule has 0 aliphatic rings. The second-order valence-corrected chi connectivity index (χ2v) is 4.74. The fraction of sp³-hybridized carbons (Fsp3) is 0.294. The summed E-state index contributed by atoms with van der Waals surface area (Å²) in [5, 5.41) is 9.81. The normalized spacial score (nSPS) is 12.2. The molecule has 0 fully saturated rings. The molecular weight excluding hydrogens is 253 g/mol. The van der Waals surface area contributed by atoms with Crippen molar-refractivity contribution < 1.29 is 9.50 Å². The Morgan fingerprint density at radius 2 is 1.75 bits per heavy atom. The molecule has 0 spiro atoms. The highest BCUT2D eigenvalue weighted by atomic mass is 19.1. The molecule has 0 amide bonds. The highest BCUT2D eigenvalue weighted by molar-refractivity contribution is 5.63. The van der Waals surface area contributed by atoms with Crippen molar-refractivity contribution in [1.29, 1.82) is 0 Å². The van der Waals surface area contributed by atoms with Crippen molar-refractivity contribution in [3.8, 4) is 0 Å². The van der Waals surface area contributed by atoms with E-state index >= 15 is 0 Å². The Kier molecular flexibility index (Phi) is 4.74. The van der Waals surface area contributed by atoms with Gasteiger partial charge in [0.15, 0.2) is 0 Å². The van der Waals surface area contributed by atoms with E-state index in [4.69, 9.17) is 0 Å². The zero-order chi connectivity index (χ0) is 14.5. The summed E-state index contributed by atoms with van der Waals surface area (Å²) in [6.45, 7) is 4.72. The van der Waals surface area contributed by atoms with Crippen molar-refractivity contribution in [2.24, 2.45) is 0 Å². The van der Waals surface area contributed by atoms with E-state index in [1.54, 1.807) is 6.07 Å². The average Bonchev–Trinajstić information content (AvgIpc) is 2.48. The molecule has 0 radical (unpaired) electrons. The first kappa shape index (κ1) is 14.5. The molecule has 2 nitrogen and oxygen atoms in total. The van der Waals surface area contributed by atoms with Crippen molar-refractivity contribution in [1.82, 2.24) is 0 Å². The van der Waals surface area contributed by atoms with Crippen molar-refractivity contribution in [3.05, 3.63) is 59.9 Å². The molecule has 0 bridgehead atoms. The summed E-state index contributed by atoms with van der Waals surface area (Å²) >= 11 is 0. The molecule has 2 rings (SSSR count). The van der Waals surface area contributed by atoms with Crippen LogP contribution in [-0.4, -0.2) is 11.7 Å². The zero-order valence-corrected chi connectivity index (χ0v) is 11.9. The van der Waals surface area contributed by atoms with Gasteiger partial charge >= 0.3 is 0 Å².